The number of hydrogen-bond acceptors (Lipinski definition) is 6. The van der Waals surface area contributed by atoms with Crippen LogP contribution in [0.1, 0.15) is 0 Å². The van der Waals surface area contributed by atoms with Gasteiger partial charge in [-0.25, -0.2) is 13.1 Å². The first-order chi connectivity index (χ1) is 11.1. The number of sulfonamides is 1. The first-order valence-electron chi connectivity index (χ1n) is 7.39. The number of nitrogens with one attached hydrogen (secondary N) is 2. The van der Waals surface area contributed by atoms with Crippen molar-refractivity contribution in [2.45, 2.75) is 4.90 Å². The molecule has 7 nitrogen and oxygen atoms in total. The van der Waals surface area contributed by atoms with Gasteiger partial charge < -0.3 is 5.32 Å². The summed E-state index contributed by atoms with van der Waals surface area (Å²) in [5, 5.41) is 3.68. The molecule has 1 fully saturated rings. The van der Waals surface area contributed by atoms with Gasteiger partial charge in [0.05, 0.1) is 17.0 Å². The van der Waals surface area contributed by atoms with Crippen molar-refractivity contribution in [3.8, 4) is 0 Å². The van der Waals surface area contributed by atoms with Crippen LogP contribution in [0, 0.1) is 0 Å². The number of rotatable bonds is 4. The highest BCUT2D eigenvalue weighted by atomic mass is 32.2. The summed E-state index contributed by atoms with van der Waals surface area (Å²) in [6.07, 6.45) is 1.60. The molecule has 0 spiro atoms. The van der Waals surface area contributed by atoms with Crippen molar-refractivity contribution in [3.05, 3.63) is 36.5 Å². The van der Waals surface area contributed by atoms with Gasteiger partial charge in [0.2, 0.25) is 5.91 Å². The smallest absolute Gasteiger partial charge is 0.264 e. The first-order valence-corrected chi connectivity index (χ1v) is 8.87. The highest BCUT2D eigenvalue weighted by Crippen LogP contribution is 2.20. The molecule has 8 heteroatoms. The summed E-state index contributed by atoms with van der Waals surface area (Å²) in [6, 6.07) is 8.17. The molecule has 0 aliphatic carbocycles. The molecule has 1 aromatic heterocycles. The fourth-order valence-corrected chi connectivity index (χ4v) is 3.81. The Bertz CT molecular complexity index is 811. The van der Waals surface area contributed by atoms with E-state index in [1.165, 1.54) is 6.07 Å². The Kier molecular flexibility index (Phi) is 4.56. The number of aromatic nitrogens is 1. The van der Waals surface area contributed by atoms with E-state index in [0.717, 1.165) is 26.2 Å². The molecule has 2 N–H and O–H groups in total. The van der Waals surface area contributed by atoms with Crippen LogP contribution >= 0.6 is 0 Å². The van der Waals surface area contributed by atoms with Crippen molar-refractivity contribution >= 4 is 26.8 Å². The molecule has 2 heterocycles. The van der Waals surface area contributed by atoms with E-state index in [0.29, 0.717) is 10.9 Å². The second kappa shape index (κ2) is 6.61. The summed E-state index contributed by atoms with van der Waals surface area (Å²) in [5.74, 6) is -0.521. The lowest BCUT2D eigenvalue weighted by Crippen LogP contribution is -2.48. The van der Waals surface area contributed by atoms with Crippen molar-refractivity contribution < 1.29 is 13.2 Å². The molecule has 0 unspecified atom stereocenters. The number of piperazine rings is 1. The number of hydrogen-bond donors (Lipinski definition) is 2. The van der Waals surface area contributed by atoms with Gasteiger partial charge in [-0.3, -0.25) is 14.7 Å². The summed E-state index contributed by atoms with van der Waals surface area (Å²) >= 11 is 0. The summed E-state index contributed by atoms with van der Waals surface area (Å²) in [7, 11) is -3.92. The Labute approximate surface area is 134 Å². The van der Waals surface area contributed by atoms with Crippen molar-refractivity contribution in [1.82, 2.24) is 19.9 Å². The normalized spacial score (nSPS) is 16.3. The van der Waals surface area contributed by atoms with E-state index in [9.17, 15) is 13.2 Å². The maximum absolute atomic E-state index is 12.5. The zero-order valence-electron chi connectivity index (χ0n) is 12.5. The lowest BCUT2D eigenvalue weighted by Gasteiger charge is -2.26. The fourth-order valence-electron chi connectivity index (χ4n) is 2.62. The number of carbonyl (C=O) groups excluding carboxylic acids is 1. The molecule has 23 heavy (non-hydrogen) atoms. The Hall–Kier alpha value is -2.03. The summed E-state index contributed by atoms with van der Waals surface area (Å²) in [6.45, 7) is 3.13. The first kappa shape index (κ1) is 15.9. The number of benzene rings is 1. The molecule has 1 saturated heterocycles. The van der Waals surface area contributed by atoms with Gasteiger partial charge in [-0.15, -0.1) is 0 Å². The summed E-state index contributed by atoms with van der Waals surface area (Å²) in [4.78, 5) is 18.2. The second-order valence-electron chi connectivity index (χ2n) is 5.38. The van der Waals surface area contributed by atoms with Crippen LogP contribution < -0.4 is 10.0 Å². The molecule has 1 aliphatic rings. The van der Waals surface area contributed by atoms with Crippen molar-refractivity contribution in [3.63, 3.8) is 0 Å². The number of amides is 1. The van der Waals surface area contributed by atoms with Gasteiger partial charge in [-0.2, -0.15) is 0 Å². The van der Waals surface area contributed by atoms with Crippen molar-refractivity contribution in [2.24, 2.45) is 0 Å². The second-order valence-corrected chi connectivity index (χ2v) is 7.03. The molecule has 1 amide bonds. The molecule has 1 aliphatic heterocycles. The Morgan fingerprint density at radius 1 is 1.22 bits per heavy atom. The molecular formula is C15H18N4O3S. The highest BCUT2D eigenvalue weighted by molar-refractivity contribution is 7.90. The molecule has 0 atom stereocenters. The van der Waals surface area contributed by atoms with Crippen LogP contribution in [0.15, 0.2) is 41.4 Å². The van der Waals surface area contributed by atoms with Gasteiger partial charge >= 0.3 is 0 Å². The minimum Gasteiger partial charge on any atom is -0.314 e. The van der Waals surface area contributed by atoms with Crippen molar-refractivity contribution in [1.29, 1.82) is 0 Å². The molecule has 0 bridgehead atoms. The van der Waals surface area contributed by atoms with Crippen LogP contribution in [-0.2, 0) is 14.8 Å². The van der Waals surface area contributed by atoms with Gasteiger partial charge in [-0.05, 0) is 24.3 Å². The molecule has 0 radical (unpaired) electrons. The number of nitrogens with zero attached hydrogens (tertiary/aromatic N) is 2. The van der Waals surface area contributed by atoms with E-state index >= 15 is 0 Å². The van der Waals surface area contributed by atoms with Crippen LogP contribution in [0.2, 0.25) is 0 Å². The molecular weight excluding hydrogens is 316 g/mol. The van der Waals surface area contributed by atoms with E-state index in [1.807, 2.05) is 4.90 Å². The lowest BCUT2D eigenvalue weighted by atomic mass is 10.2. The molecule has 0 saturated carbocycles. The quantitative estimate of drug-likeness (QED) is 0.814. The SMILES string of the molecule is O=C(CN1CCNCC1)NS(=O)(=O)c1cccc2ncccc12. The van der Waals surface area contributed by atoms with E-state index in [1.54, 1.807) is 30.5 Å². The Balaban J connectivity index is 1.79. The predicted molar refractivity (Wildman–Crippen MR) is 86.4 cm³/mol. The van der Waals surface area contributed by atoms with E-state index < -0.39 is 15.9 Å². The largest absolute Gasteiger partial charge is 0.314 e. The van der Waals surface area contributed by atoms with Gasteiger partial charge in [-0.1, -0.05) is 6.07 Å². The standard InChI is InChI=1S/C15H18N4O3S/c20-15(11-19-9-7-16-8-10-19)18-23(21,22)14-5-1-4-13-12(14)3-2-6-17-13/h1-6,16H,7-11H2,(H,18,20). The number of fused-ring (bicyclic) bond motifs is 1. The maximum Gasteiger partial charge on any atom is 0.264 e. The average Bonchev–Trinajstić information content (AvgIpc) is 2.54. The number of pyridine rings is 1. The zero-order valence-corrected chi connectivity index (χ0v) is 13.3. The fraction of sp³-hybridized carbons (Fsp3) is 0.333. The van der Waals surface area contributed by atoms with Crippen LogP contribution in [0.25, 0.3) is 10.9 Å². The minimum atomic E-state index is -3.92. The van der Waals surface area contributed by atoms with Crippen LogP contribution in [0.4, 0.5) is 0 Å². The van der Waals surface area contributed by atoms with Crippen LogP contribution in [0.5, 0.6) is 0 Å². The van der Waals surface area contributed by atoms with E-state index in [2.05, 4.69) is 15.0 Å². The van der Waals surface area contributed by atoms with Crippen LogP contribution in [-0.4, -0.2) is 56.9 Å². The Morgan fingerprint density at radius 2 is 2.00 bits per heavy atom. The minimum absolute atomic E-state index is 0.0664. The molecule has 122 valence electrons. The lowest BCUT2D eigenvalue weighted by molar-refractivity contribution is -0.120. The molecule has 2 aromatic rings. The zero-order chi connectivity index (χ0) is 16.3. The summed E-state index contributed by atoms with van der Waals surface area (Å²) in [5.41, 5.74) is 0.574. The van der Waals surface area contributed by atoms with Gasteiger partial charge in [0, 0.05) is 37.8 Å². The number of carbonyl (C=O) groups is 1. The van der Waals surface area contributed by atoms with Gasteiger partial charge in [0.25, 0.3) is 10.0 Å². The highest BCUT2D eigenvalue weighted by Gasteiger charge is 2.22. The topological polar surface area (TPSA) is 91.4 Å². The predicted octanol–water partition coefficient (Wildman–Crippen LogP) is -0.0551. The molecule has 1 aromatic carbocycles. The van der Waals surface area contributed by atoms with Crippen LogP contribution in [0.3, 0.4) is 0 Å². The monoisotopic (exact) mass is 334 g/mol. The Morgan fingerprint density at radius 3 is 2.78 bits per heavy atom. The van der Waals surface area contributed by atoms with E-state index in [-0.39, 0.29) is 11.4 Å². The molecule has 3 rings (SSSR count). The summed E-state index contributed by atoms with van der Waals surface area (Å²) < 4.78 is 27.2. The third-order valence-electron chi connectivity index (χ3n) is 3.72. The maximum atomic E-state index is 12.5. The van der Waals surface area contributed by atoms with Crippen molar-refractivity contribution in [2.75, 3.05) is 32.7 Å². The average molecular weight is 334 g/mol. The van der Waals surface area contributed by atoms with E-state index in [4.69, 9.17) is 0 Å². The van der Waals surface area contributed by atoms with Gasteiger partial charge in [0.15, 0.2) is 0 Å². The third-order valence-corrected chi connectivity index (χ3v) is 5.15. The third kappa shape index (κ3) is 3.66. The van der Waals surface area contributed by atoms with Gasteiger partial charge in [0.1, 0.15) is 0 Å².